The molecule has 0 aromatic rings. The first kappa shape index (κ1) is 17.8. The molecule has 0 heterocycles. The van der Waals surface area contributed by atoms with Crippen LogP contribution < -0.4 is 5.32 Å². The number of nitrogens with zero attached hydrogens (tertiary/aromatic N) is 1. The molecule has 0 aromatic heterocycles. The molecule has 2 atom stereocenters. The van der Waals surface area contributed by atoms with Gasteiger partial charge < -0.3 is 14.8 Å². The van der Waals surface area contributed by atoms with E-state index in [9.17, 15) is 0 Å². The lowest BCUT2D eigenvalue weighted by Crippen LogP contribution is -2.48. The first-order chi connectivity index (χ1) is 8.67. The van der Waals surface area contributed by atoms with Gasteiger partial charge in [0.2, 0.25) is 0 Å². The first-order valence-electron chi connectivity index (χ1n) is 7.12. The molecule has 4 nitrogen and oxygen atoms in total. The number of ether oxygens (including phenoxy) is 2. The fraction of sp³-hybridized carbons (Fsp3) is 1.00. The quantitative estimate of drug-likeness (QED) is 0.542. The van der Waals surface area contributed by atoms with Gasteiger partial charge in [0, 0.05) is 46.0 Å². The summed E-state index contributed by atoms with van der Waals surface area (Å²) in [7, 11) is 3.52. The van der Waals surface area contributed by atoms with Crippen LogP contribution in [-0.2, 0) is 9.47 Å². The van der Waals surface area contributed by atoms with E-state index in [-0.39, 0.29) is 0 Å². The minimum atomic E-state index is 0.504. The fourth-order valence-corrected chi connectivity index (χ4v) is 2.00. The molecule has 0 aliphatic carbocycles. The Balaban J connectivity index is 4.14. The van der Waals surface area contributed by atoms with Gasteiger partial charge in [-0.2, -0.15) is 0 Å². The van der Waals surface area contributed by atoms with Crippen molar-refractivity contribution in [1.82, 2.24) is 10.2 Å². The topological polar surface area (TPSA) is 33.7 Å². The summed E-state index contributed by atoms with van der Waals surface area (Å²) in [5.74, 6) is 0. The second kappa shape index (κ2) is 11.9. The Kier molecular flexibility index (Phi) is 11.8. The van der Waals surface area contributed by atoms with Crippen LogP contribution in [0.2, 0.25) is 0 Å². The largest absolute Gasteiger partial charge is 0.385 e. The molecule has 0 saturated carbocycles. The van der Waals surface area contributed by atoms with Crippen molar-refractivity contribution >= 4 is 0 Å². The highest BCUT2D eigenvalue weighted by Gasteiger charge is 2.18. The molecule has 0 saturated heterocycles. The number of methoxy groups -OCH3 is 2. The monoisotopic (exact) mass is 260 g/mol. The van der Waals surface area contributed by atoms with E-state index < -0.39 is 0 Å². The van der Waals surface area contributed by atoms with Gasteiger partial charge in [0.15, 0.2) is 0 Å². The third-order valence-corrected chi connectivity index (χ3v) is 3.39. The zero-order chi connectivity index (χ0) is 13.8. The molecule has 1 N–H and O–H groups in total. The van der Waals surface area contributed by atoms with E-state index in [2.05, 4.69) is 31.0 Å². The molecule has 2 unspecified atom stereocenters. The summed E-state index contributed by atoms with van der Waals surface area (Å²) in [5, 5.41) is 3.57. The molecule has 0 aliphatic heterocycles. The SMILES string of the molecule is CCCNC(C)C(C)N(CCCOC)CCOC. The van der Waals surface area contributed by atoms with Crippen LogP contribution in [0.3, 0.4) is 0 Å². The summed E-state index contributed by atoms with van der Waals surface area (Å²) in [4.78, 5) is 2.48. The van der Waals surface area contributed by atoms with Crippen molar-refractivity contribution in [2.75, 3.05) is 47.1 Å². The van der Waals surface area contributed by atoms with Crippen LogP contribution in [0.1, 0.15) is 33.6 Å². The van der Waals surface area contributed by atoms with E-state index in [0.29, 0.717) is 12.1 Å². The Hall–Kier alpha value is -0.160. The van der Waals surface area contributed by atoms with Gasteiger partial charge >= 0.3 is 0 Å². The van der Waals surface area contributed by atoms with E-state index >= 15 is 0 Å². The van der Waals surface area contributed by atoms with Crippen molar-refractivity contribution < 1.29 is 9.47 Å². The van der Waals surface area contributed by atoms with Crippen molar-refractivity contribution in [1.29, 1.82) is 0 Å². The van der Waals surface area contributed by atoms with Gasteiger partial charge in [0.1, 0.15) is 0 Å². The summed E-state index contributed by atoms with van der Waals surface area (Å²) in [6.07, 6.45) is 2.25. The standard InChI is InChI=1S/C14H32N2O2/c1-6-8-15-13(2)14(3)16(10-12-18-5)9-7-11-17-4/h13-15H,6-12H2,1-5H3. The zero-order valence-electron chi connectivity index (χ0n) is 12.9. The maximum atomic E-state index is 5.20. The molecule has 0 radical (unpaired) electrons. The van der Waals surface area contributed by atoms with Gasteiger partial charge in [0.25, 0.3) is 0 Å². The Morgan fingerprint density at radius 1 is 1.06 bits per heavy atom. The van der Waals surface area contributed by atoms with Crippen molar-refractivity contribution in [3.8, 4) is 0 Å². The highest BCUT2D eigenvalue weighted by molar-refractivity contribution is 4.77. The summed E-state index contributed by atoms with van der Waals surface area (Å²) >= 11 is 0. The second-order valence-electron chi connectivity index (χ2n) is 4.86. The maximum Gasteiger partial charge on any atom is 0.0589 e. The van der Waals surface area contributed by atoms with E-state index in [4.69, 9.17) is 9.47 Å². The number of hydrogen-bond acceptors (Lipinski definition) is 4. The van der Waals surface area contributed by atoms with Gasteiger partial charge in [-0.05, 0) is 33.2 Å². The van der Waals surface area contributed by atoms with E-state index in [1.807, 2.05) is 0 Å². The van der Waals surface area contributed by atoms with Crippen LogP contribution in [0.4, 0.5) is 0 Å². The van der Waals surface area contributed by atoms with Crippen molar-refractivity contribution in [3.05, 3.63) is 0 Å². The van der Waals surface area contributed by atoms with Crippen LogP contribution in [0, 0.1) is 0 Å². The summed E-state index contributed by atoms with van der Waals surface area (Å²) in [5.41, 5.74) is 0. The van der Waals surface area contributed by atoms with Crippen molar-refractivity contribution in [2.24, 2.45) is 0 Å². The number of hydrogen-bond donors (Lipinski definition) is 1. The third-order valence-electron chi connectivity index (χ3n) is 3.39. The van der Waals surface area contributed by atoms with Gasteiger partial charge in [-0.3, -0.25) is 4.90 Å². The van der Waals surface area contributed by atoms with Crippen molar-refractivity contribution in [3.63, 3.8) is 0 Å². The highest BCUT2D eigenvalue weighted by atomic mass is 16.5. The maximum absolute atomic E-state index is 5.20. The Bertz CT molecular complexity index is 179. The van der Waals surface area contributed by atoms with Crippen molar-refractivity contribution in [2.45, 2.75) is 45.7 Å². The van der Waals surface area contributed by atoms with Gasteiger partial charge in [0.05, 0.1) is 6.61 Å². The molecule has 0 aliphatic rings. The molecule has 0 aromatic carbocycles. The molecule has 0 amide bonds. The summed E-state index contributed by atoms with van der Waals surface area (Å²) in [6, 6.07) is 1.02. The molecule has 4 heteroatoms. The van der Waals surface area contributed by atoms with Crippen LogP contribution in [0.15, 0.2) is 0 Å². The number of rotatable bonds is 12. The third kappa shape index (κ3) is 8.03. The molecule has 0 bridgehead atoms. The molecular weight excluding hydrogens is 228 g/mol. The first-order valence-corrected chi connectivity index (χ1v) is 7.12. The Labute approximate surface area is 113 Å². The molecule has 110 valence electrons. The van der Waals surface area contributed by atoms with E-state index in [1.165, 1.54) is 6.42 Å². The van der Waals surface area contributed by atoms with Crippen LogP contribution in [0.25, 0.3) is 0 Å². The highest BCUT2D eigenvalue weighted by Crippen LogP contribution is 2.06. The Morgan fingerprint density at radius 2 is 1.72 bits per heavy atom. The van der Waals surface area contributed by atoms with E-state index in [1.54, 1.807) is 14.2 Å². The van der Waals surface area contributed by atoms with Crippen LogP contribution in [-0.4, -0.2) is 64.1 Å². The summed E-state index contributed by atoms with van der Waals surface area (Å²) < 4.78 is 10.3. The lowest BCUT2D eigenvalue weighted by Gasteiger charge is -2.33. The lowest BCUT2D eigenvalue weighted by atomic mass is 10.1. The molecule has 0 spiro atoms. The fourth-order valence-electron chi connectivity index (χ4n) is 2.00. The Morgan fingerprint density at radius 3 is 2.28 bits per heavy atom. The minimum Gasteiger partial charge on any atom is -0.385 e. The van der Waals surface area contributed by atoms with Crippen LogP contribution >= 0.6 is 0 Å². The molecule has 18 heavy (non-hydrogen) atoms. The predicted octanol–water partition coefficient (Wildman–Crippen LogP) is 1.75. The van der Waals surface area contributed by atoms with Gasteiger partial charge in [-0.25, -0.2) is 0 Å². The van der Waals surface area contributed by atoms with Gasteiger partial charge in [-0.15, -0.1) is 0 Å². The second-order valence-corrected chi connectivity index (χ2v) is 4.86. The molecular formula is C14H32N2O2. The predicted molar refractivity (Wildman–Crippen MR) is 77.2 cm³/mol. The number of nitrogens with one attached hydrogen (secondary N) is 1. The normalized spacial score (nSPS) is 15.0. The average molecular weight is 260 g/mol. The molecule has 0 rings (SSSR count). The smallest absolute Gasteiger partial charge is 0.0589 e. The summed E-state index contributed by atoms with van der Waals surface area (Å²) in [6.45, 7) is 11.5. The van der Waals surface area contributed by atoms with E-state index in [0.717, 1.165) is 39.3 Å². The lowest BCUT2D eigenvalue weighted by molar-refractivity contribution is 0.0993. The zero-order valence-corrected chi connectivity index (χ0v) is 12.9. The van der Waals surface area contributed by atoms with Crippen LogP contribution in [0.5, 0.6) is 0 Å². The molecule has 0 fully saturated rings. The van der Waals surface area contributed by atoms with Gasteiger partial charge in [-0.1, -0.05) is 6.92 Å². The average Bonchev–Trinajstić information content (AvgIpc) is 2.39. The minimum absolute atomic E-state index is 0.504.